The third-order valence-electron chi connectivity index (χ3n) is 3.84. The summed E-state index contributed by atoms with van der Waals surface area (Å²) in [5, 5.41) is 0.697. The number of benzene rings is 1. The van der Waals surface area contributed by atoms with Crippen molar-refractivity contribution in [3.8, 4) is 0 Å². The van der Waals surface area contributed by atoms with Gasteiger partial charge >= 0.3 is 0 Å². The topological polar surface area (TPSA) is 46.3 Å². The highest BCUT2D eigenvalue weighted by Gasteiger charge is 2.28. The molecule has 2 unspecified atom stereocenters. The fourth-order valence-electron chi connectivity index (χ4n) is 2.68. The van der Waals surface area contributed by atoms with Gasteiger partial charge in [-0.15, -0.1) is 0 Å². The predicted octanol–water partition coefficient (Wildman–Crippen LogP) is 2.47. The van der Waals surface area contributed by atoms with Crippen LogP contribution in [-0.2, 0) is 11.2 Å². The Hall–Kier alpha value is -1.06. The summed E-state index contributed by atoms with van der Waals surface area (Å²) in [6.07, 6.45) is 2.52. The van der Waals surface area contributed by atoms with Crippen molar-refractivity contribution in [1.29, 1.82) is 0 Å². The zero-order valence-electron chi connectivity index (χ0n) is 11.3. The van der Waals surface area contributed by atoms with Crippen LogP contribution in [0.1, 0.15) is 25.3 Å². The number of nitrogens with two attached hydrogens (primary N) is 1. The van der Waals surface area contributed by atoms with Crippen LogP contribution < -0.4 is 5.73 Å². The number of halogens is 1. The summed E-state index contributed by atoms with van der Waals surface area (Å²) in [4.78, 5) is 14.3. The highest BCUT2D eigenvalue weighted by atomic mass is 35.5. The van der Waals surface area contributed by atoms with Gasteiger partial charge in [-0.3, -0.25) is 4.79 Å². The van der Waals surface area contributed by atoms with Crippen molar-refractivity contribution in [2.75, 3.05) is 13.1 Å². The Morgan fingerprint density at radius 1 is 1.42 bits per heavy atom. The van der Waals surface area contributed by atoms with Gasteiger partial charge in [0.05, 0.1) is 6.42 Å². The Balaban J connectivity index is 2.00. The summed E-state index contributed by atoms with van der Waals surface area (Å²) in [5.74, 6) is 0.831. The Bertz CT molecular complexity index is 432. The van der Waals surface area contributed by atoms with Crippen LogP contribution in [0.4, 0.5) is 0 Å². The normalized spacial score (nSPS) is 23.4. The predicted molar refractivity (Wildman–Crippen MR) is 78.1 cm³/mol. The first-order chi connectivity index (χ1) is 9.10. The lowest BCUT2D eigenvalue weighted by atomic mass is 9.92. The fourth-order valence-corrected chi connectivity index (χ4v) is 2.81. The molecule has 0 spiro atoms. The van der Waals surface area contributed by atoms with E-state index in [1.807, 2.05) is 29.2 Å². The summed E-state index contributed by atoms with van der Waals surface area (Å²) in [5.41, 5.74) is 6.80. The Morgan fingerprint density at radius 2 is 2.11 bits per heavy atom. The number of carbonyl (C=O) groups excluding carboxylic acids is 1. The van der Waals surface area contributed by atoms with Crippen molar-refractivity contribution in [2.45, 2.75) is 32.2 Å². The second kappa shape index (κ2) is 6.40. The van der Waals surface area contributed by atoms with Gasteiger partial charge in [0, 0.05) is 24.2 Å². The van der Waals surface area contributed by atoms with E-state index < -0.39 is 0 Å². The molecule has 2 rings (SSSR count). The van der Waals surface area contributed by atoms with Gasteiger partial charge in [-0.1, -0.05) is 30.7 Å². The van der Waals surface area contributed by atoms with Gasteiger partial charge in [0.15, 0.2) is 0 Å². The van der Waals surface area contributed by atoms with E-state index in [0.29, 0.717) is 23.9 Å². The molecule has 0 saturated carbocycles. The summed E-state index contributed by atoms with van der Waals surface area (Å²) >= 11 is 5.85. The average molecular weight is 281 g/mol. The number of carbonyl (C=O) groups is 1. The minimum atomic E-state index is 0.171. The van der Waals surface area contributed by atoms with Crippen molar-refractivity contribution in [2.24, 2.45) is 11.7 Å². The van der Waals surface area contributed by atoms with E-state index >= 15 is 0 Å². The number of nitrogens with zero attached hydrogens (tertiary/aromatic N) is 1. The first-order valence-electron chi connectivity index (χ1n) is 6.84. The van der Waals surface area contributed by atoms with Crippen LogP contribution in [0, 0.1) is 5.92 Å². The van der Waals surface area contributed by atoms with E-state index in [1.54, 1.807) is 0 Å². The molecule has 2 atom stereocenters. The number of amides is 1. The third kappa shape index (κ3) is 3.71. The number of likely N-dealkylation sites (tertiary alicyclic amines) is 1. The minimum Gasteiger partial charge on any atom is -0.338 e. The first-order valence-corrected chi connectivity index (χ1v) is 7.22. The summed E-state index contributed by atoms with van der Waals surface area (Å²) < 4.78 is 0. The van der Waals surface area contributed by atoms with Crippen LogP contribution in [-0.4, -0.2) is 29.9 Å². The maximum atomic E-state index is 12.4. The molecule has 4 heteroatoms. The summed E-state index contributed by atoms with van der Waals surface area (Å²) in [6.45, 7) is 3.61. The minimum absolute atomic E-state index is 0.171. The van der Waals surface area contributed by atoms with Crippen molar-refractivity contribution in [3.63, 3.8) is 0 Å². The molecule has 1 aromatic carbocycles. The van der Waals surface area contributed by atoms with Gasteiger partial charge in [-0.2, -0.15) is 0 Å². The first kappa shape index (κ1) is 14.4. The molecule has 1 fully saturated rings. The van der Waals surface area contributed by atoms with E-state index in [4.69, 9.17) is 17.3 Å². The molecular weight excluding hydrogens is 260 g/mol. The summed E-state index contributed by atoms with van der Waals surface area (Å²) in [7, 11) is 0. The largest absolute Gasteiger partial charge is 0.338 e. The number of hydrogen-bond acceptors (Lipinski definition) is 2. The third-order valence-corrected chi connectivity index (χ3v) is 4.09. The lowest BCUT2D eigenvalue weighted by Gasteiger charge is -2.38. The summed E-state index contributed by atoms with van der Waals surface area (Å²) in [6, 6.07) is 7.66. The van der Waals surface area contributed by atoms with Crippen molar-refractivity contribution in [3.05, 3.63) is 34.9 Å². The molecule has 104 valence electrons. The van der Waals surface area contributed by atoms with Crippen LogP contribution in [0.15, 0.2) is 24.3 Å². The molecule has 0 bridgehead atoms. The second-order valence-corrected chi connectivity index (χ2v) is 5.85. The molecule has 2 N–H and O–H groups in total. The van der Waals surface area contributed by atoms with Gasteiger partial charge in [0.2, 0.25) is 5.91 Å². The highest BCUT2D eigenvalue weighted by Crippen LogP contribution is 2.22. The number of rotatable bonds is 3. The van der Waals surface area contributed by atoms with E-state index in [2.05, 4.69) is 6.92 Å². The maximum absolute atomic E-state index is 12.4. The number of piperidine rings is 1. The van der Waals surface area contributed by atoms with Crippen molar-refractivity contribution in [1.82, 2.24) is 4.90 Å². The van der Waals surface area contributed by atoms with Crippen LogP contribution in [0.2, 0.25) is 5.02 Å². The molecule has 1 aromatic rings. The van der Waals surface area contributed by atoms with Gasteiger partial charge < -0.3 is 10.6 Å². The second-order valence-electron chi connectivity index (χ2n) is 5.41. The van der Waals surface area contributed by atoms with Gasteiger partial charge in [-0.05, 0) is 36.5 Å². The Kier molecular flexibility index (Phi) is 4.83. The lowest BCUT2D eigenvalue weighted by molar-refractivity contribution is -0.134. The molecule has 1 aliphatic heterocycles. The monoisotopic (exact) mass is 280 g/mol. The van der Waals surface area contributed by atoms with Crippen LogP contribution in [0.5, 0.6) is 0 Å². The lowest BCUT2D eigenvalue weighted by Crippen LogP contribution is -2.49. The number of hydrogen-bond donors (Lipinski definition) is 1. The molecule has 0 aromatic heterocycles. The van der Waals surface area contributed by atoms with Gasteiger partial charge in [-0.25, -0.2) is 0 Å². The molecule has 3 nitrogen and oxygen atoms in total. The molecule has 1 aliphatic rings. The Morgan fingerprint density at radius 3 is 2.74 bits per heavy atom. The standard InChI is InChI=1S/C15H21ClN2O/c1-11-6-7-18(14(8-11)10-17)15(19)9-12-2-4-13(16)5-3-12/h2-5,11,14H,6-10,17H2,1H3. The fraction of sp³-hybridized carbons (Fsp3) is 0.533. The maximum Gasteiger partial charge on any atom is 0.227 e. The van der Waals surface area contributed by atoms with E-state index in [9.17, 15) is 4.79 Å². The molecule has 1 saturated heterocycles. The van der Waals surface area contributed by atoms with E-state index in [1.165, 1.54) is 0 Å². The zero-order valence-corrected chi connectivity index (χ0v) is 12.1. The molecular formula is C15H21ClN2O. The van der Waals surface area contributed by atoms with E-state index in [-0.39, 0.29) is 11.9 Å². The average Bonchev–Trinajstić information content (AvgIpc) is 2.41. The molecule has 0 radical (unpaired) electrons. The smallest absolute Gasteiger partial charge is 0.227 e. The zero-order chi connectivity index (χ0) is 13.8. The molecule has 0 aliphatic carbocycles. The molecule has 19 heavy (non-hydrogen) atoms. The molecule has 1 amide bonds. The quantitative estimate of drug-likeness (QED) is 0.924. The van der Waals surface area contributed by atoms with Crippen molar-refractivity contribution >= 4 is 17.5 Å². The highest BCUT2D eigenvalue weighted by molar-refractivity contribution is 6.30. The Labute approximate surface area is 119 Å². The van der Waals surface area contributed by atoms with Crippen molar-refractivity contribution < 1.29 is 4.79 Å². The SMILES string of the molecule is CC1CCN(C(=O)Cc2ccc(Cl)cc2)C(CN)C1. The van der Waals surface area contributed by atoms with Gasteiger partial charge in [0.1, 0.15) is 0 Å². The van der Waals surface area contributed by atoms with Crippen LogP contribution in [0.3, 0.4) is 0 Å². The van der Waals surface area contributed by atoms with E-state index in [0.717, 1.165) is 24.9 Å². The molecule has 1 heterocycles. The van der Waals surface area contributed by atoms with Crippen LogP contribution >= 0.6 is 11.6 Å². The van der Waals surface area contributed by atoms with Gasteiger partial charge in [0.25, 0.3) is 0 Å². The van der Waals surface area contributed by atoms with Crippen LogP contribution in [0.25, 0.3) is 0 Å².